The number of carboxylic acids is 1. The Morgan fingerprint density at radius 3 is 2.55 bits per heavy atom. The van der Waals surface area contributed by atoms with Gasteiger partial charge in [-0.1, -0.05) is 0 Å². The average molecular weight is 390 g/mol. The summed E-state index contributed by atoms with van der Waals surface area (Å²) in [7, 11) is 0. The molecule has 2 aliphatic rings. The van der Waals surface area contributed by atoms with E-state index < -0.39 is 5.97 Å². The molecule has 0 radical (unpaired) electrons. The first-order valence-electron chi connectivity index (χ1n) is 10.1. The van der Waals surface area contributed by atoms with E-state index in [4.69, 9.17) is 5.11 Å². The van der Waals surface area contributed by atoms with Crippen LogP contribution in [0.1, 0.15) is 47.8 Å². The van der Waals surface area contributed by atoms with Crippen molar-refractivity contribution in [1.29, 1.82) is 5.26 Å². The number of aromatic carboxylic acids is 1. The summed E-state index contributed by atoms with van der Waals surface area (Å²) in [5.41, 5.74) is 4.38. The molecule has 6 nitrogen and oxygen atoms in total. The van der Waals surface area contributed by atoms with Crippen LogP contribution >= 0.6 is 0 Å². The first kappa shape index (κ1) is 19.3. The van der Waals surface area contributed by atoms with Crippen LogP contribution in [0.4, 0.5) is 11.4 Å². The Bertz CT molecular complexity index is 956. The maximum absolute atomic E-state index is 11.0. The molecule has 4 rings (SSSR count). The molecule has 0 unspecified atom stereocenters. The number of hydrogen-bond acceptors (Lipinski definition) is 5. The van der Waals surface area contributed by atoms with E-state index in [1.54, 1.807) is 12.3 Å². The molecule has 3 heterocycles. The summed E-state index contributed by atoms with van der Waals surface area (Å²) in [4.78, 5) is 19.9. The number of aryl methyl sites for hydroxylation is 1. The molecule has 6 heteroatoms. The first-order valence-corrected chi connectivity index (χ1v) is 10.1. The van der Waals surface area contributed by atoms with Crippen molar-refractivity contribution in [2.45, 2.75) is 39.2 Å². The molecule has 29 heavy (non-hydrogen) atoms. The summed E-state index contributed by atoms with van der Waals surface area (Å²) in [6.07, 6.45) is 5.08. The Morgan fingerprint density at radius 2 is 1.97 bits per heavy atom. The standard InChI is InChI=1S/C23H26N4O2/c1-16-11-19(4-3-18(16)13-24)27-15-23(12-17(27)2)7-9-26(10-8-23)20-5-6-21(22(28)29)25-14-20/h3-6,11,14,17H,7-10,12,15H2,1-2H3,(H,28,29)/t17-/m0/s1. The molecule has 1 N–H and O–H groups in total. The topological polar surface area (TPSA) is 80.5 Å². The van der Waals surface area contributed by atoms with E-state index in [1.807, 2.05) is 19.1 Å². The minimum atomic E-state index is -0.993. The lowest BCUT2D eigenvalue weighted by Crippen LogP contribution is -2.41. The highest BCUT2D eigenvalue weighted by Gasteiger charge is 2.44. The second-order valence-corrected chi connectivity index (χ2v) is 8.49. The lowest BCUT2D eigenvalue weighted by Gasteiger charge is -2.40. The molecule has 0 bridgehead atoms. The number of aromatic nitrogens is 1. The number of nitrogens with zero attached hydrogens (tertiary/aromatic N) is 4. The van der Waals surface area contributed by atoms with Gasteiger partial charge in [0.15, 0.2) is 0 Å². The lowest BCUT2D eigenvalue weighted by atomic mass is 9.76. The fraction of sp³-hybridized carbons (Fsp3) is 0.435. The van der Waals surface area contributed by atoms with Gasteiger partial charge in [0.25, 0.3) is 0 Å². The molecule has 1 aromatic heterocycles. The minimum Gasteiger partial charge on any atom is -0.477 e. The van der Waals surface area contributed by atoms with Crippen LogP contribution in [-0.2, 0) is 0 Å². The van der Waals surface area contributed by atoms with E-state index in [-0.39, 0.29) is 5.69 Å². The second kappa shape index (κ2) is 7.40. The van der Waals surface area contributed by atoms with Crippen LogP contribution in [0, 0.1) is 23.7 Å². The number of anilines is 2. The van der Waals surface area contributed by atoms with Crippen molar-refractivity contribution in [2.75, 3.05) is 29.4 Å². The van der Waals surface area contributed by atoms with Crippen LogP contribution < -0.4 is 9.80 Å². The maximum atomic E-state index is 11.0. The van der Waals surface area contributed by atoms with Crippen molar-refractivity contribution in [3.05, 3.63) is 53.3 Å². The van der Waals surface area contributed by atoms with Gasteiger partial charge in [-0.25, -0.2) is 9.78 Å². The van der Waals surface area contributed by atoms with Crippen molar-refractivity contribution in [3.8, 4) is 6.07 Å². The number of nitriles is 1. The van der Waals surface area contributed by atoms with Crippen molar-refractivity contribution in [3.63, 3.8) is 0 Å². The zero-order valence-electron chi connectivity index (χ0n) is 16.9. The third-order valence-electron chi connectivity index (χ3n) is 6.58. The van der Waals surface area contributed by atoms with Gasteiger partial charge in [-0.15, -0.1) is 0 Å². The Kier molecular flexibility index (Phi) is 4.91. The normalized spacial score (nSPS) is 20.7. The van der Waals surface area contributed by atoms with E-state index >= 15 is 0 Å². The van der Waals surface area contributed by atoms with Gasteiger partial charge in [0.2, 0.25) is 0 Å². The van der Waals surface area contributed by atoms with Crippen LogP contribution in [0.25, 0.3) is 0 Å². The summed E-state index contributed by atoms with van der Waals surface area (Å²) in [5.74, 6) is -0.993. The van der Waals surface area contributed by atoms with E-state index in [9.17, 15) is 10.1 Å². The van der Waals surface area contributed by atoms with Gasteiger partial charge in [0.1, 0.15) is 5.69 Å². The molecular weight excluding hydrogens is 364 g/mol. The molecular formula is C23H26N4O2. The molecule has 1 atom stereocenters. The molecule has 2 aliphatic heterocycles. The molecule has 0 aliphatic carbocycles. The third kappa shape index (κ3) is 3.65. The van der Waals surface area contributed by atoms with Gasteiger partial charge in [0.05, 0.1) is 23.5 Å². The quantitative estimate of drug-likeness (QED) is 0.858. The first-order chi connectivity index (χ1) is 13.9. The lowest BCUT2D eigenvalue weighted by molar-refractivity contribution is 0.0690. The molecule has 1 spiro atoms. The predicted octanol–water partition coefficient (Wildman–Crippen LogP) is 3.85. The highest BCUT2D eigenvalue weighted by Crippen LogP contribution is 2.45. The van der Waals surface area contributed by atoms with Crippen LogP contribution in [0.15, 0.2) is 36.5 Å². The highest BCUT2D eigenvalue weighted by atomic mass is 16.4. The van der Waals surface area contributed by atoms with E-state index in [0.29, 0.717) is 11.5 Å². The van der Waals surface area contributed by atoms with Crippen LogP contribution in [0.5, 0.6) is 0 Å². The number of hydrogen-bond donors (Lipinski definition) is 1. The molecule has 0 amide bonds. The van der Waals surface area contributed by atoms with Crippen LogP contribution in [0.3, 0.4) is 0 Å². The molecule has 150 valence electrons. The largest absolute Gasteiger partial charge is 0.477 e. The Labute approximate surface area is 171 Å². The Morgan fingerprint density at radius 1 is 1.24 bits per heavy atom. The Balaban J connectivity index is 1.44. The van der Waals surface area contributed by atoms with Crippen LogP contribution in [0.2, 0.25) is 0 Å². The number of carbonyl (C=O) groups is 1. The summed E-state index contributed by atoms with van der Waals surface area (Å²) >= 11 is 0. The van der Waals surface area contributed by atoms with E-state index in [2.05, 4.69) is 39.9 Å². The van der Waals surface area contributed by atoms with Crippen molar-refractivity contribution in [1.82, 2.24) is 4.98 Å². The number of piperidine rings is 1. The highest BCUT2D eigenvalue weighted by molar-refractivity contribution is 5.85. The van der Waals surface area contributed by atoms with E-state index in [0.717, 1.165) is 49.3 Å². The number of carboxylic acid groups (broad SMARTS) is 1. The predicted molar refractivity (Wildman–Crippen MR) is 112 cm³/mol. The molecule has 0 saturated carbocycles. The molecule has 1 aromatic carbocycles. The van der Waals surface area contributed by atoms with Crippen LogP contribution in [-0.4, -0.2) is 41.7 Å². The SMILES string of the molecule is Cc1cc(N2CC3(CCN(c4ccc(C(=O)O)nc4)CC3)C[C@@H]2C)ccc1C#N. The number of rotatable bonds is 3. The number of pyridine rings is 1. The van der Waals surface area contributed by atoms with Gasteiger partial charge >= 0.3 is 5.97 Å². The van der Waals surface area contributed by atoms with Gasteiger partial charge < -0.3 is 14.9 Å². The third-order valence-corrected chi connectivity index (χ3v) is 6.58. The number of benzene rings is 1. The smallest absolute Gasteiger partial charge is 0.354 e. The van der Waals surface area contributed by atoms with Crippen molar-refractivity contribution < 1.29 is 9.90 Å². The fourth-order valence-corrected chi connectivity index (χ4v) is 4.92. The van der Waals surface area contributed by atoms with Gasteiger partial charge in [-0.3, -0.25) is 0 Å². The monoisotopic (exact) mass is 390 g/mol. The minimum absolute atomic E-state index is 0.0835. The molecule has 2 saturated heterocycles. The van der Waals surface area contributed by atoms with Crippen molar-refractivity contribution in [2.24, 2.45) is 5.41 Å². The second-order valence-electron chi connectivity index (χ2n) is 8.49. The molecule has 2 aromatic rings. The zero-order chi connectivity index (χ0) is 20.6. The summed E-state index contributed by atoms with van der Waals surface area (Å²) in [5, 5.41) is 18.2. The fourth-order valence-electron chi connectivity index (χ4n) is 4.92. The summed E-state index contributed by atoms with van der Waals surface area (Å²) < 4.78 is 0. The average Bonchev–Trinajstić information content (AvgIpc) is 3.04. The van der Waals surface area contributed by atoms with Gasteiger partial charge in [-0.05, 0) is 74.4 Å². The molecule has 2 fully saturated rings. The van der Waals surface area contributed by atoms with Gasteiger partial charge in [-0.2, -0.15) is 5.26 Å². The van der Waals surface area contributed by atoms with Crippen molar-refractivity contribution >= 4 is 17.3 Å². The zero-order valence-corrected chi connectivity index (χ0v) is 16.9. The summed E-state index contributed by atoms with van der Waals surface area (Å²) in [6.45, 7) is 7.26. The maximum Gasteiger partial charge on any atom is 0.354 e. The summed E-state index contributed by atoms with van der Waals surface area (Å²) in [6, 6.07) is 12.3. The Hall–Kier alpha value is -3.07. The van der Waals surface area contributed by atoms with Gasteiger partial charge in [0, 0.05) is 31.4 Å². The van der Waals surface area contributed by atoms with E-state index in [1.165, 1.54) is 12.1 Å².